The smallest absolute Gasteiger partial charge is 0.311 e. The van der Waals surface area contributed by atoms with E-state index in [2.05, 4.69) is 0 Å². The van der Waals surface area contributed by atoms with E-state index in [-0.39, 0.29) is 42.1 Å². The van der Waals surface area contributed by atoms with Gasteiger partial charge in [0.2, 0.25) is 0 Å². The summed E-state index contributed by atoms with van der Waals surface area (Å²) in [5, 5.41) is 27.8. The third-order valence-corrected chi connectivity index (χ3v) is 7.66. The molecule has 0 amide bonds. The van der Waals surface area contributed by atoms with Crippen LogP contribution in [0, 0.1) is 23.7 Å². The van der Waals surface area contributed by atoms with E-state index >= 15 is 0 Å². The highest BCUT2D eigenvalue weighted by Crippen LogP contribution is 2.31. The van der Waals surface area contributed by atoms with Crippen molar-refractivity contribution in [1.82, 2.24) is 0 Å². The summed E-state index contributed by atoms with van der Waals surface area (Å²) in [4.78, 5) is 54.5. The van der Waals surface area contributed by atoms with Gasteiger partial charge in [-0.25, -0.2) is 0 Å². The van der Waals surface area contributed by atoms with Crippen molar-refractivity contribution in [1.29, 1.82) is 0 Å². The van der Waals surface area contributed by atoms with E-state index in [4.69, 9.17) is 19.3 Å². The Bertz CT molecular complexity index is 822. The second-order valence-corrected chi connectivity index (χ2v) is 11.0. The van der Waals surface area contributed by atoms with Gasteiger partial charge >= 0.3 is 23.9 Å². The number of hydrogen-bond acceptors (Lipinski definition) is 10. The molecule has 0 bridgehead atoms. The maximum Gasteiger partial charge on any atom is 0.311 e. The van der Waals surface area contributed by atoms with Gasteiger partial charge in [-0.2, -0.15) is 0 Å². The van der Waals surface area contributed by atoms with Gasteiger partial charge in [-0.1, -0.05) is 13.3 Å². The minimum atomic E-state index is -0.856. The molecule has 0 aromatic rings. The van der Waals surface area contributed by atoms with E-state index in [1.54, 1.807) is 13.8 Å². The highest BCUT2D eigenvalue weighted by molar-refractivity contribution is 5.78. The molecule has 3 aliphatic carbocycles. The second-order valence-electron chi connectivity index (χ2n) is 11.0. The number of carbonyl (C=O) groups is 5. The van der Waals surface area contributed by atoms with Crippen LogP contribution in [-0.2, 0) is 38.2 Å². The molecular weight excluding hydrogens is 524 g/mol. The molecule has 6 unspecified atom stereocenters. The van der Waals surface area contributed by atoms with Crippen LogP contribution in [0.15, 0.2) is 0 Å². The van der Waals surface area contributed by atoms with E-state index in [0.29, 0.717) is 25.9 Å². The monoisotopic (exact) mass is 572 g/mol. The molecule has 3 fully saturated rings. The average Bonchev–Trinajstić information content (AvgIpc) is 2.84. The summed E-state index contributed by atoms with van der Waals surface area (Å²) in [7, 11) is 0. The quantitative estimate of drug-likeness (QED) is 0.315. The normalized spacial score (nSPS) is 31.6. The zero-order valence-electron chi connectivity index (χ0n) is 24.5. The molecule has 0 spiro atoms. The van der Waals surface area contributed by atoms with Crippen LogP contribution in [0.2, 0.25) is 0 Å². The van der Waals surface area contributed by atoms with Crippen molar-refractivity contribution < 1.29 is 53.5 Å². The van der Waals surface area contributed by atoms with Crippen LogP contribution >= 0.6 is 0 Å². The fourth-order valence-corrected chi connectivity index (χ4v) is 5.66. The molecule has 3 rings (SSSR count). The second kappa shape index (κ2) is 18.0. The third kappa shape index (κ3) is 12.8. The maximum atomic E-state index is 11.5. The van der Waals surface area contributed by atoms with Gasteiger partial charge in [-0.3, -0.25) is 24.0 Å². The number of aliphatic hydroxyl groups excluding tert-OH is 2. The molecular formula is C29H48O11. The first-order valence-corrected chi connectivity index (χ1v) is 14.4. The fraction of sp³-hybridized carbons (Fsp3) is 0.828. The number of aliphatic hydroxyl groups is 2. The number of ether oxygens (including phenoxy) is 3. The molecule has 3 N–H and O–H groups in total. The average molecular weight is 573 g/mol. The zero-order valence-corrected chi connectivity index (χ0v) is 24.5. The number of esters is 3. The van der Waals surface area contributed by atoms with E-state index in [1.165, 1.54) is 13.8 Å². The van der Waals surface area contributed by atoms with Crippen LogP contribution in [0.1, 0.15) is 98.8 Å². The molecule has 230 valence electrons. The lowest BCUT2D eigenvalue weighted by Gasteiger charge is -2.34. The van der Waals surface area contributed by atoms with E-state index in [1.807, 2.05) is 6.92 Å². The lowest BCUT2D eigenvalue weighted by molar-refractivity contribution is -0.160. The number of aliphatic carboxylic acids is 1. The molecule has 11 heteroatoms. The van der Waals surface area contributed by atoms with Crippen molar-refractivity contribution in [3.63, 3.8) is 0 Å². The molecule has 0 aliphatic heterocycles. The minimum Gasteiger partial charge on any atom is -0.481 e. The summed E-state index contributed by atoms with van der Waals surface area (Å²) in [5.41, 5.74) is 0. The summed E-state index contributed by atoms with van der Waals surface area (Å²) in [6.45, 7) is 8.30. The van der Waals surface area contributed by atoms with Crippen molar-refractivity contribution in [2.75, 3.05) is 6.61 Å². The van der Waals surface area contributed by atoms with Crippen LogP contribution in [0.3, 0.4) is 0 Å². The van der Waals surface area contributed by atoms with Gasteiger partial charge < -0.3 is 29.5 Å². The Hall–Kier alpha value is -2.53. The fourth-order valence-electron chi connectivity index (χ4n) is 5.66. The SMILES string of the molecule is CC(=O)OC1CCC(C(C)=O)CC1.CC(=O)OC1CCCCC1C(=O)O.CCOC(=O)C1C(C)CC(O)CC1O. The Morgan fingerprint density at radius 1 is 0.800 bits per heavy atom. The number of Topliss-reactive ketones (excluding diaryl/α,β-unsaturated/α-hetero) is 1. The lowest BCUT2D eigenvalue weighted by Crippen LogP contribution is -2.42. The molecule has 3 aliphatic rings. The van der Waals surface area contributed by atoms with Crippen LogP contribution < -0.4 is 0 Å². The number of ketones is 1. The number of carboxylic acids is 1. The number of rotatable bonds is 6. The molecule has 0 radical (unpaired) electrons. The first-order valence-electron chi connectivity index (χ1n) is 14.4. The van der Waals surface area contributed by atoms with Crippen LogP contribution in [0.4, 0.5) is 0 Å². The Morgan fingerprint density at radius 3 is 1.85 bits per heavy atom. The highest BCUT2D eigenvalue weighted by Gasteiger charge is 2.39. The van der Waals surface area contributed by atoms with E-state index in [9.17, 15) is 34.2 Å². The summed E-state index contributed by atoms with van der Waals surface area (Å²) < 4.78 is 14.9. The first kappa shape index (κ1) is 35.5. The molecule has 0 heterocycles. The molecule has 3 saturated carbocycles. The van der Waals surface area contributed by atoms with Crippen LogP contribution in [0.25, 0.3) is 0 Å². The summed E-state index contributed by atoms with van der Waals surface area (Å²) in [6, 6.07) is 0. The van der Waals surface area contributed by atoms with Crippen molar-refractivity contribution in [2.24, 2.45) is 23.7 Å². The standard InChI is InChI=1S/C10H18O4.C10H16O3.C9H14O4/c1-3-14-10(13)9-6(2)4-7(11)5-8(9)12;1-7(11)9-3-5-10(6-4-9)13-8(2)12;1-6(10)13-8-5-3-2-4-7(8)9(11)12/h6-9,11-12H,3-5H2,1-2H3;9-10H,3-6H2,1-2H3;7-8H,2-5H2,1H3,(H,11,12). The molecule has 0 saturated heterocycles. The van der Waals surface area contributed by atoms with E-state index < -0.39 is 42.1 Å². The van der Waals surface area contributed by atoms with Crippen molar-refractivity contribution >= 4 is 29.7 Å². The highest BCUT2D eigenvalue weighted by atomic mass is 16.5. The van der Waals surface area contributed by atoms with Gasteiger partial charge in [-0.05, 0) is 71.1 Å². The lowest BCUT2D eigenvalue weighted by atomic mass is 9.77. The van der Waals surface area contributed by atoms with Crippen molar-refractivity contribution in [2.45, 2.75) is 123 Å². The summed E-state index contributed by atoms with van der Waals surface area (Å²) >= 11 is 0. The predicted molar refractivity (Wildman–Crippen MR) is 144 cm³/mol. The molecule has 0 aromatic carbocycles. The molecule has 6 atom stereocenters. The maximum absolute atomic E-state index is 11.5. The predicted octanol–water partition coefficient (Wildman–Crippen LogP) is 3.21. The largest absolute Gasteiger partial charge is 0.481 e. The van der Waals surface area contributed by atoms with Gasteiger partial charge in [0.1, 0.15) is 18.0 Å². The van der Waals surface area contributed by atoms with Gasteiger partial charge in [0, 0.05) is 26.2 Å². The summed E-state index contributed by atoms with van der Waals surface area (Å²) in [5.74, 6) is -2.34. The van der Waals surface area contributed by atoms with Crippen molar-refractivity contribution in [3.8, 4) is 0 Å². The van der Waals surface area contributed by atoms with Gasteiger partial charge in [0.25, 0.3) is 0 Å². The first-order chi connectivity index (χ1) is 18.8. The van der Waals surface area contributed by atoms with Crippen LogP contribution in [0.5, 0.6) is 0 Å². The molecule has 40 heavy (non-hydrogen) atoms. The number of carboxylic acid groups (broad SMARTS) is 1. The third-order valence-electron chi connectivity index (χ3n) is 7.66. The van der Waals surface area contributed by atoms with Gasteiger partial charge in [-0.15, -0.1) is 0 Å². The Labute approximate surface area is 236 Å². The number of hydrogen-bond donors (Lipinski definition) is 3. The Balaban J connectivity index is 0.000000300. The number of carbonyl (C=O) groups excluding carboxylic acids is 4. The molecule has 0 aromatic heterocycles. The minimum absolute atomic E-state index is 0.0206. The topological polar surface area (TPSA) is 174 Å². The van der Waals surface area contributed by atoms with Crippen molar-refractivity contribution in [3.05, 3.63) is 0 Å². The Morgan fingerprint density at radius 2 is 1.38 bits per heavy atom. The van der Waals surface area contributed by atoms with E-state index in [0.717, 1.165) is 38.5 Å². The zero-order chi connectivity index (χ0) is 30.4. The molecule has 11 nitrogen and oxygen atoms in total. The van der Waals surface area contributed by atoms with Gasteiger partial charge in [0.05, 0.1) is 30.7 Å². The van der Waals surface area contributed by atoms with Crippen LogP contribution in [-0.4, -0.2) is 76.0 Å². The summed E-state index contributed by atoms with van der Waals surface area (Å²) in [6.07, 6.45) is 5.76. The Kier molecular flexibility index (Phi) is 16.0. The van der Waals surface area contributed by atoms with Gasteiger partial charge in [0.15, 0.2) is 0 Å².